The minimum absolute atomic E-state index is 0.0176. The summed E-state index contributed by atoms with van der Waals surface area (Å²) in [5, 5.41) is 32.7. The fourth-order valence-electron chi connectivity index (χ4n) is 5.33. The van der Waals surface area contributed by atoms with Crippen molar-refractivity contribution in [1.29, 1.82) is 0 Å². The Morgan fingerprint density at radius 3 is 2.61 bits per heavy atom. The van der Waals surface area contributed by atoms with E-state index in [1.807, 2.05) is 6.07 Å². The third-order valence-electron chi connectivity index (χ3n) is 7.13. The molecular formula is C28H28F3N5O5. The van der Waals surface area contributed by atoms with Gasteiger partial charge in [0, 0.05) is 53.0 Å². The van der Waals surface area contributed by atoms with Crippen molar-refractivity contribution in [2.45, 2.75) is 56.8 Å². The standard InChI is InChI=1S/C23H15F3N4O2.C5H13NO3/c24-13-6-12(9-27-10-13)11-4-5-30-17(7-11)20-15-8-16(21(20)29-30)28-22(31)14-2-1-3-18(19(14)15)32-23(25)26;1-2-4(6)3-5(7,8)9/h1-7,9-10,15-16,23H,8H2,(H,28,31);4,7-9H,2-3,6H2,1H3. The number of alkyl halides is 2. The molecule has 4 heterocycles. The fraction of sp³-hybridized carbons (Fsp3) is 0.321. The van der Waals surface area contributed by atoms with Crippen LogP contribution in [0, 0.1) is 5.82 Å². The Morgan fingerprint density at radius 1 is 1.17 bits per heavy atom. The minimum atomic E-state index is -3.01. The fourth-order valence-corrected chi connectivity index (χ4v) is 5.33. The maximum Gasteiger partial charge on any atom is 0.387 e. The van der Waals surface area contributed by atoms with Crippen molar-refractivity contribution in [3.05, 3.63) is 83.2 Å². The quantitative estimate of drug-likeness (QED) is 0.221. The molecule has 6 N–H and O–H groups in total. The van der Waals surface area contributed by atoms with E-state index >= 15 is 0 Å². The van der Waals surface area contributed by atoms with Gasteiger partial charge in [0.2, 0.25) is 0 Å². The molecule has 1 aliphatic carbocycles. The number of benzene rings is 1. The van der Waals surface area contributed by atoms with E-state index in [2.05, 4.69) is 15.4 Å². The van der Waals surface area contributed by atoms with Gasteiger partial charge in [-0.1, -0.05) is 13.0 Å². The molecule has 2 bridgehead atoms. The summed E-state index contributed by atoms with van der Waals surface area (Å²) in [5.41, 5.74) is 9.65. The van der Waals surface area contributed by atoms with Crippen LogP contribution in [0.25, 0.3) is 16.6 Å². The van der Waals surface area contributed by atoms with Crippen molar-refractivity contribution in [2.24, 2.45) is 5.73 Å². The number of halogens is 3. The second-order valence-electron chi connectivity index (χ2n) is 9.99. The van der Waals surface area contributed by atoms with Gasteiger partial charge in [-0.2, -0.15) is 13.9 Å². The SMILES string of the molecule is CCC(N)CC(O)(O)O.O=C1NC2CC(c3c(OC(F)F)cccc31)c1c2nn2ccc(-c3cncc(F)c3)cc12. The highest BCUT2D eigenvalue weighted by Crippen LogP contribution is 2.51. The number of amides is 1. The monoisotopic (exact) mass is 571 g/mol. The minimum Gasteiger partial charge on any atom is -0.434 e. The molecule has 10 nitrogen and oxygen atoms in total. The van der Waals surface area contributed by atoms with Crippen LogP contribution in [0.4, 0.5) is 13.2 Å². The number of nitrogens with zero attached hydrogens (tertiary/aromatic N) is 3. The zero-order valence-corrected chi connectivity index (χ0v) is 21.8. The van der Waals surface area contributed by atoms with Crippen molar-refractivity contribution in [3.63, 3.8) is 0 Å². The lowest BCUT2D eigenvalue weighted by Gasteiger charge is -2.19. The molecule has 6 rings (SSSR count). The normalized spacial score (nSPS) is 18.2. The van der Waals surface area contributed by atoms with Crippen LogP contribution in [-0.4, -0.2) is 54.5 Å². The van der Waals surface area contributed by atoms with Gasteiger partial charge in [-0.05, 0) is 48.7 Å². The molecule has 4 aromatic rings. The lowest BCUT2D eigenvalue weighted by molar-refractivity contribution is -0.316. The molecule has 13 heteroatoms. The van der Waals surface area contributed by atoms with Gasteiger partial charge in [-0.25, -0.2) is 8.91 Å². The van der Waals surface area contributed by atoms with Crippen LogP contribution < -0.4 is 15.8 Å². The van der Waals surface area contributed by atoms with E-state index in [0.29, 0.717) is 35.2 Å². The zero-order chi connectivity index (χ0) is 29.5. The Labute approximate surface area is 232 Å². The third kappa shape index (κ3) is 5.88. The number of pyridine rings is 2. The molecule has 0 saturated heterocycles. The highest BCUT2D eigenvalue weighted by Gasteiger charge is 2.43. The van der Waals surface area contributed by atoms with Crippen LogP contribution in [0.15, 0.2) is 55.0 Å². The highest BCUT2D eigenvalue weighted by molar-refractivity contribution is 5.98. The van der Waals surface area contributed by atoms with Crippen LogP contribution in [0.3, 0.4) is 0 Å². The number of carbonyl (C=O) groups is 1. The molecule has 1 aliphatic heterocycles. The summed E-state index contributed by atoms with van der Waals surface area (Å²) in [7, 11) is 0. The molecule has 41 heavy (non-hydrogen) atoms. The lowest BCUT2D eigenvalue weighted by Crippen LogP contribution is -2.36. The molecule has 0 spiro atoms. The first-order chi connectivity index (χ1) is 19.4. The molecule has 3 aromatic heterocycles. The number of aromatic nitrogens is 3. The van der Waals surface area contributed by atoms with Crippen molar-refractivity contribution >= 4 is 11.4 Å². The third-order valence-corrected chi connectivity index (χ3v) is 7.13. The summed E-state index contributed by atoms with van der Waals surface area (Å²) < 4.78 is 46.4. The van der Waals surface area contributed by atoms with Gasteiger partial charge >= 0.3 is 6.61 Å². The van der Waals surface area contributed by atoms with E-state index in [0.717, 1.165) is 22.8 Å². The average molecular weight is 572 g/mol. The molecule has 1 aromatic carbocycles. The Kier molecular flexibility index (Phi) is 7.70. The molecular weight excluding hydrogens is 543 g/mol. The zero-order valence-electron chi connectivity index (χ0n) is 21.8. The van der Waals surface area contributed by atoms with E-state index in [1.54, 1.807) is 36.0 Å². The summed E-state index contributed by atoms with van der Waals surface area (Å²) in [6.45, 7) is -1.21. The van der Waals surface area contributed by atoms with E-state index in [9.17, 15) is 18.0 Å². The Hall–Kier alpha value is -4.04. The van der Waals surface area contributed by atoms with Crippen molar-refractivity contribution in [3.8, 4) is 16.9 Å². The number of hydrogen-bond donors (Lipinski definition) is 5. The van der Waals surface area contributed by atoms with Crippen LogP contribution >= 0.6 is 0 Å². The Bertz CT molecular complexity index is 1590. The smallest absolute Gasteiger partial charge is 0.387 e. The van der Waals surface area contributed by atoms with Crippen molar-refractivity contribution in [2.75, 3.05) is 0 Å². The number of rotatable bonds is 6. The first kappa shape index (κ1) is 28.5. The topological polar surface area (TPSA) is 155 Å². The van der Waals surface area contributed by atoms with Gasteiger partial charge < -0.3 is 31.1 Å². The second kappa shape index (κ2) is 11.1. The predicted molar refractivity (Wildman–Crippen MR) is 140 cm³/mol. The van der Waals surface area contributed by atoms with Crippen LogP contribution in [0.1, 0.15) is 65.3 Å². The van der Waals surface area contributed by atoms with E-state index < -0.39 is 18.4 Å². The number of nitrogens with one attached hydrogen (secondary N) is 1. The van der Waals surface area contributed by atoms with Gasteiger partial charge in [0.1, 0.15) is 11.6 Å². The largest absolute Gasteiger partial charge is 0.434 e. The summed E-state index contributed by atoms with van der Waals surface area (Å²) in [4.78, 5) is 16.7. The Morgan fingerprint density at radius 2 is 1.95 bits per heavy atom. The van der Waals surface area contributed by atoms with Crippen molar-refractivity contribution in [1.82, 2.24) is 19.9 Å². The van der Waals surface area contributed by atoms with E-state index in [-0.39, 0.29) is 36.1 Å². The number of hydrogen-bond acceptors (Lipinski definition) is 8. The van der Waals surface area contributed by atoms with Crippen LogP contribution in [-0.2, 0) is 0 Å². The summed E-state index contributed by atoms with van der Waals surface area (Å²) in [5.74, 6) is -3.77. The maximum absolute atomic E-state index is 13.7. The van der Waals surface area contributed by atoms with Gasteiger partial charge in [0.05, 0.1) is 23.4 Å². The highest BCUT2D eigenvalue weighted by atomic mass is 19.3. The second-order valence-corrected chi connectivity index (χ2v) is 9.99. The first-order valence-electron chi connectivity index (χ1n) is 12.9. The Balaban J connectivity index is 0.000000327. The molecule has 3 atom stereocenters. The molecule has 1 amide bonds. The number of ether oxygens (including phenoxy) is 1. The van der Waals surface area contributed by atoms with Gasteiger partial charge in [0.25, 0.3) is 11.9 Å². The number of aliphatic hydroxyl groups is 3. The molecule has 3 unspecified atom stereocenters. The van der Waals surface area contributed by atoms with Gasteiger partial charge in [0.15, 0.2) is 0 Å². The molecule has 0 fully saturated rings. The summed E-state index contributed by atoms with van der Waals surface area (Å²) in [6, 6.07) is 8.94. The molecule has 0 saturated carbocycles. The first-order valence-corrected chi connectivity index (χ1v) is 12.9. The molecule has 0 radical (unpaired) electrons. The predicted octanol–water partition coefficient (Wildman–Crippen LogP) is 3.20. The van der Waals surface area contributed by atoms with E-state index in [4.69, 9.17) is 25.8 Å². The van der Waals surface area contributed by atoms with Crippen LogP contribution in [0.2, 0.25) is 0 Å². The average Bonchev–Trinajstić information content (AvgIpc) is 3.39. The lowest BCUT2D eigenvalue weighted by atomic mass is 9.88. The summed E-state index contributed by atoms with van der Waals surface area (Å²) in [6.07, 6.45) is 5.35. The van der Waals surface area contributed by atoms with Crippen molar-refractivity contribution < 1.29 is 38.0 Å². The number of fused-ring (bicyclic) bond motifs is 9. The van der Waals surface area contributed by atoms with Gasteiger partial charge in [-0.3, -0.25) is 9.78 Å². The molecule has 2 aliphatic rings. The van der Waals surface area contributed by atoms with E-state index in [1.165, 1.54) is 18.2 Å². The number of nitrogens with two attached hydrogens (primary N) is 1. The maximum atomic E-state index is 13.7. The van der Waals surface area contributed by atoms with Crippen LogP contribution in [0.5, 0.6) is 5.75 Å². The van der Waals surface area contributed by atoms with Gasteiger partial charge in [-0.15, -0.1) is 0 Å². The summed E-state index contributed by atoms with van der Waals surface area (Å²) >= 11 is 0. The number of carbonyl (C=O) groups excluding carboxylic acids is 1. The molecule has 216 valence electrons.